The van der Waals surface area contributed by atoms with Crippen LogP contribution in [0.2, 0.25) is 5.02 Å². The molecular formula is C48H42ClN5O4S. The molecule has 3 aliphatic heterocycles. The quantitative estimate of drug-likeness (QED) is 0.197. The second-order valence-corrected chi connectivity index (χ2v) is 17.9. The average molecular weight is 820 g/mol. The number of nitrogens with one attached hydrogen (secondary N) is 4. The summed E-state index contributed by atoms with van der Waals surface area (Å²) in [5, 5.41) is 43.3. The Morgan fingerprint density at radius 1 is 0.763 bits per heavy atom. The van der Waals surface area contributed by atoms with E-state index in [1.165, 1.54) is 11.8 Å². The Bertz CT molecular complexity index is 3170. The highest BCUT2D eigenvalue weighted by atomic mass is 35.5. The van der Waals surface area contributed by atoms with Crippen LogP contribution in [0.1, 0.15) is 65.9 Å². The number of thioether (sulfide) groups is 1. The minimum Gasteiger partial charge on any atom is -0.871 e. The van der Waals surface area contributed by atoms with Gasteiger partial charge in [-0.2, -0.15) is 0 Å². The van der Waals surface area contributed by atoms with Crippen molar-refractivity contribution < 1.29 is 29.8 Å². The van der Waals surface area contributed by atoms with Gasteiger partial charge in [-0.3, -0.25) is 9.59 Å². The van der Waals surface area contributed by atoms with Crippen molar-refractivity contribution in [2.75, 3.05) is 22.1 Å². The minimum absolute atomic E-state index is 0.116. The number of carbonyl (C=O) groups is 2. The number of hydrogen-bond acceptors (Lipinski definition) is 8. The van der Waals surface area contributed by atoms with E-state index in [1.54, 1.807) is 6.08 Å². The van der Waals surface area contributed by atoms with Crippen LogP contribution in [0.5, 0.6) is 0 Å². The van der Waals surface area contributed by atoms with Gasteiger partial charge < -0.3 is 25.7 Å². The summed E-state index contributed by atoms with van der Waals surface area (Å²) in [6.45, 7) is 11.0. The van der Waals surface area contributed by atoms with E-state index in [1.807, 2.05) is 86.6 Å². The Balaban J connectivity index is 1.16. The maximum Gasteiger partial charge on any atom is 0.231 e. The molecule has 2 unspecified atom stereocenters. The van der Waals surface area contributed by atoms with Crippen LogP contribution in [0.3, 0.4) is 0 Å². The second-order valence-electron chi connectivity index (χ2n) is 16.4. The SMILES string of the molecule is CCCC1(C)Nc2cccc3cc/c(=C4/C(=O)C(c5ccc6cc/c(=C7/C(=O)C(/C=C8\Sc9ccc(Cl)cc9N8CC)=C7[O-])c7c6c5NC(C)(CCC)[NH+]=7)=C4[O-])c(c23)=[NH+]1. The first-order chi connectivity index (χ1) is 28.4. The first kappa shape index (κ1) is 37.4. The molecule has 0 aromatic heterocycles. The van der Waals surface area contributed by atoms with Crippen molar-refractivity contribution in [2.45, 2.75) is 76.5 Å². The van der Waals surface area contributed by atoms with E-state index in [2.05, 4.69) is 46.3 Å². The highest BCUT2D eigenvalue weighted by Crippen LogP contribution is 2.48. The maximum atomic E-state index is 14.5. The second kappa shape index (κ2) is 13.3. The topological polar surface area (TPSA) is 136 Å². The van der Waals surface area contributed by atoms with Crippen molar-refractivity contribution >= 4 is 90.3 Å². The fourth-order valence-electron chi connectivity index (χ4n) is 9.66. The lowest BCUT2D eigenvalue weighted by Crippen LogP contribution is -2.95. The number of halogens is 1. The molecule has 0 fully saturated rings. The molecule has 4 N–H and O–H groups in total. The molecule has 0 amide bonds. The molecule has 2 aliphatic carbocycles. The lowest BCUT2D eigenvalue weighted by molar-refractivity contribution is -0.580. The van der Waals surface area contributed by atoms with Gasteiger partial charge in [-0.05, 0) is 73.0 Å². The number of benzene rings is 5. The van der Waals surface area contributed by atoms with Crippen LogP contribution < -0.4 is 56.9 Å². The van der Waals surface area contributed by atoms with E-state index in [9.17, 15) is 19.8 Å². The number of carbonyl (C=O) groups excluding carboxylic acids is 2. The third-order valence-electron chi connectivity index (χ3n) is 12.3. The molecule has 10 rings (SSSR count). The van der Waals surface area contributed by atoms with Crippen molar-refractivity contribution in [1.29, 1.82) is 0 Å². The molecule has 5 aromatic carbocycles. The molecule has 296 valence electrons. The van der Waals surface area contributed by atoms with Crippen molar-refractivity contribution in [2.24, 2.45) is 0 Å². The number of hydrogen-bond donors (Lipinski definition) is 4. The standard InChI is InChI=1S/C48H42ClN5O4S/c1-6-20-47(4)50-31-11-9-10-24-12-16-28(40(51-47)35(24)31)38-45(57)39(46(38)58)29-18-14-25-13-17-27(41-36(25)42(29)53-48(5,52-41)21-7-2)37-43(55)30(44(37)56)23-34-54(8-3)32-22-26(49)15-19-33(32)59-34/h9-19,22-23,50,53,55,57H,6-8,20-21H2,1-5H3/b34-23-,37-27-,38-28-. The number of ketones is 2. The molecule has 0 radical (unpaired) electrons. The van der Waals surface area contributed by atoms with Crippen molar-refractivity contribution in [1.82, 2.24) is 0 Å². The molecule has 0 bridgehead atoms. The van der Waals surface area contributed by atoms with Crippen molar-refractivity contribution in [3.63, 3.8) is 0 Å². The maximum absolute atomic E-state index is 14.5. The van der Waals surface area contributed by atoms with Gasteiger partial charge in [-0.25, -0.2) is 9.98 Å². The highest BCUT2D eigenvalue weighted by molar-refractivity contribution is 8.03. The molecule has 0 saturated heterocycles. The summed E-state index contributed by atoms with van der Waals surface area (Å²) < 4.78 is 0. The van der Waals surface area contributed by atoms with Gasteiger partial charge in [0, 0.05) is 71.0 Å². The summed E-state index contributed by atoms with van der Waals surface area (Å²) in [5.41, 5.74) is 2.41. The van der Waals surface area contributed by atoms with Gasteiger partial charge in [0.25, 0.3) is 0 Å². The van der Waals surface area contributed by atoms with E-state index in [-0.39, 0.29) is 45.4 Å². The lowest BCUT2D eigenvalue weighted by Gasteiger charge is -2.34. The Kier molecular flexibility index (Phi) is 8.46. The average Bonchev–Trinajstić information content (AvgIpc) is 3.55. The zero-order valence-electron chi connectivity index (χ0n) is 33.4. The largest absolute Gasteiger partial charge is 0.871 e. The summed E-state index contributed by atoms with van der Waals surface area (Å²) in [6.07, 6.45) is 4.96. The van der Waals surface area contributed by atoms with Gasteiger partial charge in [0.2, 0.25) is 22.0 Å². The molecule has 2 atom stereocenters. The van der Waals surface area contributed by atoms with Crippen molar-refractivity contribution in [3.05, 3.63) is 133 Å². The van der Waals surface area contributed by atoms with E-state index >= 15 is 0 Å². The molecule has 5 aliphatic rings. The van der Waals surface area contributed by atoms with Crippen LogP contribution >= 0.6 is 23.4 Å². The van der Waals surface area contributed by atoms with Crippen LogP contribution in [0.25, 0.3) is 38.3 Å². The number of rotatable bonds is 7. The fraction of sp³-hybridized carbons (Fsp3) is 0.250. The lowest BCUT2D eigenvalue weighted by atomic mass is 9.79. The van der Waals surface area contributed by atoms with Gasteiger partial charge in [0.05, 0.1) is 43.3 Å². The monoisotopic (exact) mass is 819 g/mol. The van der Waals surface area contributed by atoms with E-state index in [4.69, 9.17) is 11.6 Å². The molecule has 59 heavy (non-hydrogen) atoms. The third-order valence-corrected chi connectivity index (χ3v) is 13.6. The first-order valence-corrected chi connectivity index (χ1v) is 21.5. The first-order valence-electron chi connectivity index (χ1n) is 20.3. The van der Waals surface area contributed by atoms with Gasteiger partial charge in [-0.15, -0.1) is 0 Å². The number of anilines is 3. The van der Waals surface area contributed by atoms with E-state index in [0.29, 0.717) is 45.0 Å². The third kappa shape index (κ3) is 5.52. The summed E-state index contributed by atoms with van der Waals surface area (Å²) in [6, 6.07) is 23.1. The number of allylic oxidation sites excluding steroid dienone is 5. The van der Waals surface area contributed by atoms with Gasteiger partial charge in [-0.1, -0.05) is 85.1 Å². The number of Topliss-reactive ketones (excluding diaryl/α,β-unsaturated/α-hetero) is 2. The van der Waals surface area contributed by atoms with Crippen molar-refractivity contribution in [3.8, 4) is 0 Å². The van der Waals surface area contributed by atoms with Gasteiger partial charge in [0.15, 0.2) is 11.6 Å². The number of fused-ring (bicyclic) bond motifs is 1. The van der Waals surface area contributed by atoms with Crippen LogP contribution in [0.15, 0.2) is 106 Å². The predicted molar refractivity (Wildman–Crippen MR) is 230 cm³/mol. The Morgan fingerprint density at radius 2 is 1.41 bits per heavy atom. The molecule has 3 heterocycles. The summed E-state index contributed by atoms with van der Waals surface area (Å²) in [5.74, 6) is -1.27. The van der Waals surface area contributed by atoms with E-state index in [0.717, 1.165) is 67.5 Å². The van der Waals surface area contributed by atoms with Crippen LogP contribution in [0.4, 0.5) is 17.1 Å². The number of nitrogens with zero attached hydrogens (tertiary/aromatic N) is 1. The minimum atomic E-state index is -0.719. The van der Waals surface area contributed by atoms with E-state index < -0.39 is 11.3 Å². The smallest absolute Gasteiger partial charge is 0.231 e. The zero-order valence-corrected chi connectivity index (χ0v) is 35.0. The molecule has 5 aromatic rings. The zero-order chi connectivity index (χ0) is 41.1. The van der Waals surface area contributed by atoms with Gasteiger partial charge >= 0.3 is 0 Å². The Hall–Kier alpha value is -5.84. The Morgan fingerprint density at radius 3 is 2.07 bits per heavy atom. The summed E-state index contributed by atoms with van der Waals surface area (Å²) in [4.78, 5) is 39.0. The Labute approximate surface area is 349 Å². The molecule has 0 saturated carbocycles. The molecule has 11 heteroatoms. The highest BCUT2D eigenvalue weighted by Gasteiger charge is 2.40. The van der Waals surface area contributed by atoms with Crippen LogP contribution in [-0.4, -0.2) is 29.4 Å². The van der Waals surface area contributed by atoms with Crippen LogP contribution in [-0.2, 0) is 9.59 Å². The fourth-order valence-corrected chi connectivity index (χ4v) is 11.0. The predicted octanol–water partition coefficient (Wildman–Crippen LogP) is 2.26. The molecule has 0 spiro atoms. The summed E-state index contributed by atoms with van der Waals surface area (Å²) >= 11 is 7.82. The normalized spacial score (nSPS) is 24.2. The molecule has 9 nitrogen and oxygen atoms in total. The van der Waals surface area contributed by atoms with Gasteiger partial charge in [0.1, 0.15) is 0 Å². The van der Waals surface area contributed by atoms with Crippen LogP contribution in [0, 0.1) is 0 Å². The molecular weight excluding hydrogens is 778 g/mol. The summed E-state index contributed by atoms with van der Waals surface area (Å²) in [7, 11) is 0.